The van der Waals surface area contributed by atoms with Crippen LogP contribution in [0.4, 0.5) is 4.79 Å². The van der Waals surface area contributed by atoms with E-state index in [2.05, 4.69) is 17.4 Å². The number of unbranched alkanes of at least 4 members (excludes halogenated alkanes) is 3. The normalized spacial score (nSPS) is 16.2. The van der Waals surface area contributed by atoms with Crippen molar-refractivity contribution in [1.29, 1.82) is 0 Å². The smallest absolute Gasteiger partial charge is 0.407 e. The summed E-state index contributed by atoms with van der Waals surface area (Å²) in [5.41, 5.74) is 0. The van der Waals surface area contributed by atoms with Crippen LogP contribution in [0.15, 0.2) is 4.99 Å². The lowest BCUT2D eigenvalue weighted by Crippen LogP contribution is -2.44. The molecule has 1 fully saturated rings. The number of carbonyl (C=O) groups excluding carboxylic acids is 2. The monoisotopic (exact) mass is 298 g/mol. The molecule has 1 aliphatic rings. The van der Waals surface area contributed by atoms with Crippen LogP contribution in [0.3, 0.4) is 0 Å². The Labute approximate surface area is 127 Å². The van der Waals surface area contributed by atoms with E-state index in [1.54, 1.807) is 0 Å². The van der Waals surface area contributed by atoms with E-state index in [1.807, 2.05) is 0 Å². The van der Waals surface area contributed by atoms with E-state index in [1.165, 1.54) is 32.0 Å². The Morgan fingerprint density at radius 3 is 2.67 bits per heavy atom. The summed E-state index contributed by atoms with van der Waals surface area (Å²) in [6.45, 7) is 4.98. The first kappa shape index (κ1) is 17.7. The lowest BCUT2D eigenvalue weighted by molar-refractivity contribution is -0.897. The maximum atomic E-state index is 11.5. The summed E-state index contributed by atoms with van der Waals surface area (Å²) in [6, 6.07) is 0. The minimum absolute atomic E-state index is 0.314. The highest BCUT2D eigenvalue weighted by Gasteiger charge is 2.26. The first-order valence-corrected chi connectivity index (χ1v) is 7.94. The van der Waals surface area contributed by atoms with Crippen LogP contribution >= 0.6 is 0 Å². The van der Waals surface area contributed by atoms with Crippen molar-refractivity contribution in [3.8, 4) is 0 Å². The number of rotatable bonds is 10. The number of quaternary nitrogens is 1. The highest BCUT2D eigenvalue weighted by Crippen LogP contribution is 2.15. The van der Waals surface area contributed by atoms with Crippen molar-refractivity contribution in [2.45, 2.75) is 38.5 Å². The molecule has 0 unspecified atom stereocenters. The van der Waals surface area contributed by atoms with Gasteiger partial charge in [-0.3, -0.25) is 0 Å². The number of ether oxygens (including phenoxy) is 1. The van der Waals surface area contributed by atoms with Gasteiger partial charge in [0.15, 0.2) is 0 Å². The van der Waals surface area contributed by atoms with E-state index in [0.29, 0.717) is 19.7 Å². The molecular formula is C15H28N3O3+. The van der Waals surface area contributed by atoms with Crippen molar-refractivity contribution < 1.29 is 18.8 Å². The molecule has 1 heterocycles. The third-order valence-electron chi connectivity index (χ3n) is 4.04. The van der Waals surface area contributed by atoms with Gasteiger partial charge < -0.3 is 14.5 Å². The molecule has 0 aromatic carbocycles. The Balaban J connectivity index is 1.90. The van der Waals surface area contributed by atoms with Gasteiger partial charge in [-0.05, 0) is 12.8 Å². The molecule has 0 radical (unpaired) electrons. The topological polar surface area (TPSA) is 67.8 Å². The fourth-order valence-corrected chi connectivity index (χ4v) is 2.64. The average Bonchev–Trinajstić information content (AvgIpc) is 2.89. The van der Waals surface area contributed by atoms with Crippen LogP contribution in [0.5, 0.6) is 0 Å². The maximum absolute atomic E-state index is 11.5. The third-order valence-corrected chi connectivity index (χ3v) is 4.04. The fraction of sp³-hybridized carbons (Fsp3) is 0.867. The number of amides is 1. The second-order valence-corrected chi connectivity index (χ2v) is 5.95. The second-order valence-electron chi connectivity index (χ2n) is 5.95. The molecule has 0 aliphatic carbocycles. The summed E-state index contributed by atoms with van der Waals surface area (Å²) in [5.74, 6) is 0. The van der Waals surface area contributed by atoms with Gasteiger partial charge in [-0.25, -0.2) is 14.6 Å². The highest BCUT2D eigenvalue weighted by molar-refractivity contribution is 5.66. The Morgan fingerprint density at radius 1 is 1.24 bits per heavy atom. The summed E-state index contributed by atoms with van der Waals surface area (Å²) < 4.78 is 6.23. The summed E-state index contributed by atoms with van der Waals surface area (Å²) in [5, 5.41) is 2.77. The summed E-state index contributed by atoms with van der Waals surface area (Å²) >= 11 is 0. The largest absolute Gasteiger partial charge is 0.444 e. The van der Waals surface area contributed by atoms with Crippen LogP contribution < -0.4 is 5.32 Å². The van der Waals surface area contributed by atoms with Gasteiger partial charge in [-0.2, -0.15) is 0 Å². The molecule has 0 aromatic rings. The predicted octanol–water partition coefficient (Wildman–Crippen LogP) is 1.85. The molecule has 21 heavy (non-hydrogen) atoms. The number of likely N-dealkylation sites (tertiary alicyclic amines) is 1. The van der Waals surface area contributed by atoms with E-state index in [-0.39, 0.29) is 6.09 Å². The molecule has 0 bridgehead atoms. The minimum atomic E-state index is -0.314. The number of carbonyl (C=O) groups is 1. The standard InChI is InChI=1S/C15H27N3O3/c1-18(10-6-7-11-18)12-13-21-15(20)17-9-5-3-2-4-8-16-14-19/h2-13H2,1H3/p+1. The van der Waals surface area contributed by atoms with Crippen molar-refractivity contribution >= 4 is 12.2 Å². The van der Waals surface area contributed by atoms with Crippen LogP contribution in [-0.2, 0) is 9.53 Å². The molecule has 0 spiro atoms. The van der Waals surface area contributed by atoms with Gasteiger partial charge in [0.2, 0.25) is 6.08 Å². The van der Waals surface area contributed by atoms with Gasteiger partial charge in [0.1, 0.15) is 13.2 Å². The molecule has 6 nitrogen and oxygen atoms in total. The first-order chi connectivity index (χ1) is 10.2. The van der Waals surface area contributed by atoms with Crippen LogP contribution in [0.2, 0.25) is 0 Å². The molecular weight excluding hydrogens is 270 g/mol. The van der Waals surface area contributed by atoms with E-state index in [4.69, 9.17) is 4.74 Å². The van der Waals surface area contributed by atoms with Crippen LogP contribution in [0, 0.1) is 0 Å². The second kappa shape index (κ2) is 10.4. The van der Waals surface area contributed by atoms with E-state index < -0.39 is 0 Å². The number of alkyl carbamates (subject to hydrolysis) is 1. The average molecular weight is 298 g/mol. The molecule has 0 saturated carbocycles. The number of hydrogen-bond donors (Lipinski definition) is 1. The van der Waals surface area contributed by atoms with Gasteiger partial charge in [-0.1, -0.05) is 12.8 Å². The Kier molecular flexibility index (Phi) is 8.71. The van der Waals surface area contributed by atoms with E-state index in [0.717, 1.165) is 36.7 Å². The first-order valence-electron chi connectivity index (χ1n) is 7.94. The van der Waals surface area contributed by atoms with Crippen LogP contribution in [-0.4, -0.2) is 63.0 Å². The molecule has 1 amide bonds. The zero-order valence-corrected chi connectivity index (χ0v) is 13.1. The number of nitrogens with zero attached hydrogens (tertiary/aromatic N) is 2. The number of nitrogens with one attached hydrogen (secondary N) is 1. The van der Waals surface area contributed by atoms with Crippen molar-refractivity contribution in [3.63, 3.8) is 0 Å². The van der Waals surface area contributed by atoms with E-state index >= 15 is 0 Å². The third kappa shape index (κ3) is 8.48. The zero-order valence-electron chi connectivity index (χ0n) is 13.1. The summed E-state index contributed by atoms with van der Waals surface area (Å²) in [4.78, 5) is 24.8. The number of isocyanates is 1. The van der Waals surface area contributed by atoms with E-state index in [9.17, 15) is 9.59 Å². The number of hydrogen-bond acceptors (Lipinski definition) is 4. The molecule has 120 valence electrons. The lowest BCUT2D eigenvalue weighted by atomic mass is 10.2. The van der Waals surface area contributed by atoms with Crippen molar-refractivity contribution in [1.82, 2.24) is 5.32 Å². The SMILES string of the molecule is C[N+]1(CCOC(=O)NCCCCCCN=C=O)CCCC1. The van der Waals surface area contributed by atoms with Gasteiger partial charge in [-0.15, -0.1) is 0 Å². The van der Waals surface area contributed by atoms with Crippen molar-refractivity contribution in [2.24, 2.45) is 4.99 Å². The summed E-state index contributed by atoms with van der Waals surface area (Å²) in [7, 11) is 2.23. The van der Waals surface area contributed by atoms with Gasteiger partial charge in [0.05, 0.1) is 26.7 Å². The number of aliphatic imine (C=N–C) groups is 1. The highest BCUT2D eigenvalue weighted by atomic mass is 16.5. The zero-order chi connectivity index (χ0) is 15.4. The Bertz CT molecular complexity index is 348. The van der Waals surface area contributed by atoms with Gasteiger partial charge >= 0.3 is 6.09 Å². The molecule has 1 N–H and O–H groups in total. The Morgan fingerprint density at radius 2 is 1.95 bits per heavy atom. The molecule has 0 aromatic heterocycles. The predicted molar refractivity (Wildman–Crippen MR) is 80.8 cm³/mol. The van der Waals surface area contributed by atoms with Crippen molar-refractivity contribution in [3.05, 3.63) is 0 Å². The maximum Gasteiger partial charge on any atom is 0.407 e. The lowest BCUT2D eigenvalue weighted by Gasteiger charge is -2.28. The summed E-state index contributed by atoms with van der Waals surface area (Å²) in [6.07, 6.45) is 7.62. The molecule has 1 aliphatic heterocycles. The quantitative estimate of drug-likeness (QED) is 0.290. The Hall–Kier alpha value is -1.39. The molecule has 0 atom stereocenters. The van der Waals surface area contributed by atoms with Gasteiger partial charge in [0, 0.05) is 19.4 Å². The molecule has 6 heteroatoms. The van der Waals surface area contributed by atoms with Crippen LogP contribution in [0.25, 0.3) is 0 Å². The fourth-order valence-electron chi connectivity index (χ4n) is 2.64. The van der Waals surface area contributed by atoms with Crippen molar-refractivity contribution in [2.75, 3.05) is 46.4 Å². The number of likely N-dealkylation sites (N-methyl/N-ethyl adjacent to an activating group) is 1. The van der Waals surface area contributed by atoms with Crippen LogP contribution in [0.1, 0.15) is 38.5 Å². The minimum Gasteiger partial charge on any atom is -0.444 e. The van der Waals surface area contributed by atoms with Gasteiger partial charge in [0.25, 0.3) is 0 Å². The molecule has 1 saturated heterocycles. The molecule has 1 rings (SSSR count).